The Kier molecular flexibility index (Phi) is 14.6. The average molecular weight is 260 g/mol. The number of thiol groups is 1. The lowest BCUT2D eigenvalue weighted by atomic mass is 10.0. The van der Waals surface area contributed by atoms with E-state index in [9.17, 15) is 0 Å². The van der Waals surface area contributed by atoms with Gasteiger partial charge < -0.3 is 5.11 Å². The molecule has 0 heterocycles. The molecule has 0 spiro atoms. The minimum Gasteiger partial charge on any atom is -0.396 e. The fourth-order valence-electron chi connectivity index (χ4n) is 2.16. The molecule has 17 heavy (non-hydrogen) atoms. The summed E-state index contributed by atoms with van der Waals surface area (Å²) in [4.78, 5) is 0. The highest BCUT2D eigenvalue weighted by Gasteiger charge is 2.01. The van der Waals surface area contributed by atoms with Gasteiger partial charge in [0.1, 0.15) is 0 Å². The number of rotatable bonds is 13. The number of aliphatic hydroxyl groups excluding tert-OH is 1. The summed E-state index contributed by atoms with van der Waals surface area (Å²) in [6.45, 7) is 2.55. The van der Waals surface area contributed by atoms with Gasteiger partial charge in [0.15, 0.2) is 0 Å². The zero-order chi connectivity index (χ0) is 12.8. The minimum absolute atomic E-state index is 0.284. The molecular weight excluding hydrogens is 228 g/mol. The van der Waals surface area contributed by atoms with E-state index in [0.717, 1.165) is 6.42 Å². The average Bonchev–Trinajstić information content (AvgIpc) is 2.32. The molecular formula is C15H32OS. The van der Waals surface area contributed by atoms with Crippen molar-refractivity contribution < 1.29 is 5.11 Å². The van der Waals surface area contributed by atoms with Gasteiger partial charge in [0.25, 0.3) is 0 Å². The van der Waals surface area contributed by atoms with Gasteiger partial charge in [0.05, 0.1) is 0 Å². The second-order valence-electron chi connectivity index (χ2n) is 5.14. The van der Waals surface area contributed by atoms with Crippen molar-refractivity contribution in [2.75, 3.05) is 6.61 Å². The Hall–Kier alpha value is 0.310. The van der Waals surface area contributed by atoms with Crippen LogP contribution in [0.4, 0.5) is 0 Å². The van der Waals surface area contributed by atoms with Crippen molar-refractivity contribution >= 4 is 12.6 Å². The van der Waals surface area contributed by atoms with Gasteiger partial charge in [-0.3, -0.25) is 0 Å². The van der Waals surface area contributed by atoms with Crippen LogP contribution in [0.2, 0.25) is 0 Å². The highest BCUT2D eigenvalue weighted by molar-refractivity contribution is 7.80. The maximum Gasteiger partial charge on any atom is 0.0441 e. The number of aliphatic hydroxyl groups is 1. The largest absolute Gasteiger partial charge is 0.396 e. The predicted octanol–water partition coefficient (Wildman–Crippen LogP) is 4.98. The molecule has 0 aliphatic carbocycles. The second-order valence-corrected chi connectivity index (χ2v) is 5.87. The van der Waals surface area contributed by atoms with E-state index in [0.29, 0.717) is 5.25 Å². The molecule has 1 N–H and O–H groups in total. The molecule has 0 saturated heterocycles. The Morgan fingerprint density at radius 3 is 1.71 bits per heavy atom. The van der Waals surface area contributed by atoms with E-state index >= 15 is 0 Å². The van der Waals surface area contributed by atoms with Crippen LogP contribution in [0.25, 0.3) is 0 Å². The third-order valence-corrected chi connectivity index (χ3v) is 3.87. The molecule has 0 bridgehead atoms. The van der Waals surface area contributed by atoms with E-state index in [1.165, 1.54) is 70.6 Å². The van der Waals surface area contributed by atoms with Crippen molar-refractivity contribution in [2.24, 2.45) is 0 Å². The second kappa shape index (κ2) is 14.4. The van der Waals surface area contributed by atoms with Crippen LogP contribution in [-0.4, -0.2) is 17.0 Å². The summed E-state index contributed by atoms with van der Waals surface area (Å²) in [6, 6.07) is 0. The van der Waals surface area contributed by atoms with Gasteiger partial charge in [-0.15, -0.1) is 0 Å². The third-order valence-electron chi connectivity index (χ3n) is 3.35. The van der Waals surface area contributed by atoms with Gasteiger partial charge in [-0.2, -0.15) is 12.6 Å². The Morgan fingerprint density at radius 2 is 1.24 bits per heavy atom. The lowest BCUT2D eigenvalue weighted by Gasteiger charge is -2.08. The van der Waals surface area contributed by atoms with Crippen LogP contribution in [0.5, 0.6) is 0 Å². The van der Waals surface area contributed by atoms with Crippen LogP contribution in [0.1, 0.15) is 84.0 Å². The van der Waals surface area contributed by atoms with E-state index in [1.54, 1.807) is 0 Å². The first kappa shape index (κ1) is 17.3. The molecule has 0 amide bonds. The fraction of sp³-hybridized carbons (Fsp3) is 1.00. The number of hydrogen-bond acceptors (Lipinski definition) is 2. The fourth-order valence-corrected chi connectivity index (χ4v) is 2.46. The molecule has 1 atom stereocenters. The summed E-state index contributed by atoms with van der Waals surface area (Å²) in [5.74, 6) is 0. The van der Waals surface area contributed by atoms with E-state index in [4.69, 9.17) is 5.11 Å². The van der Waals surface area contributed by atoms with E-state index < -0.39 is 0 Å². The van der Waals surface area contributed by atoms with E-state index in [-0.39, 0.29) is 6.61 Å². The topological polar surface area (TPSA) is 20.2 Å². The lowest BCUT2D eigenvalue weighted by Crippen LogP contribution is -2.01. The predicted molar refractivity (Wildman–Crippen MR) is 80.9 cm³/mol. The lowest BCUT2D eigenvalue weighted by molar-refractivity contribution is 0.285. The van der Waals surface area contributed by atoms with Gasteiger partial charge in [0, 0.05) is 11.9 Å². The van der Waals surface area contributed by atoms with Crippen molar-refractivity contribution in [3.05, 3.63) is 0 Å². The molecule has 0 aliphatic rings. The molecule has 1 unspecified atom stereocenters. The summed E-state index contributed by atoms with van der Waals surface area (Å²) in [7, 11) is 0. The molecule has 0 radical (unpaired) electrons. The van der Waals surface area contributed by atoms with Gasteiger partial charge in [0.2, 0.25) is 0 Å². The van der Waals surface area contributed by atoms with Crippen LogP contribution in [0.3, 0.4) is 0 Å². The van der Waals surface area contributed by atoms with E-state index in [2.05, 4.69) is 19.6 Å². The van der Waals surface area contributed by atoms with Crippen LogP contribution < -0.4 is 0 Å². The van der Waals surface area contributed by atoms with Gasteiger partial charge in [-0.25, -0.2) is 0 Å². The summed E-state index contributed by atoms with van der Waals surface area (Å²) >= 11 is 4.44. The molecule has 0 saturated carbocycles. The monoisotopic (exact) mass is 260 g/mol. The quantitative estimate of drug-likeness (QED) is 0.353. The summed E-state index contributed by atoms with van der Waals surface area (Å²) in [5, 5.41) is 9.16. The van der Waals surface area contributed by atoms with Gasteiger partial charge >= 0.3 is 0 Å². The summed E-state index contributed by atoms with van der Waals surface area (Å²) < 4.78 is 0. The van der Waals surface area contributed by atoms with Crippen LogP contribution in [0, 0.1) is 0 Å². The molecule has 0 aromatic carbocycles. The van der Waals surface area contributed by atoms with Crippen molar-refractivity contribution in [1.82, 2.24) is 0 Å². The van der Waals surface area contributed by atoms with E-state index in [1.807, 2.05) is 0 Å². The van der Waals surface area contributed by atoms with Crippen LogP contribution in [0.15, 0.2) is 0 Å². The maximum atomic E-state index is 8.75. The van der Waals surface area contributed by atoms with Gasteiger partial charge in [-0.05, 0) is 12.8 Å². The Bertz CT molecular complexity index is 139. The van der Waals surface area contributed by atoms with Crippen molar-refractivity contribution in [2.45, 2.75) is 89.2 Å². The number of hydrogen-bond donors (Lipinski definition) is 2. The first-order valence-corrected chi connectivity index (χ1v) is 8.11. The Labute approximate surface area is 114 Å². The molecule has 0 aromatic heterocycles. The maximum absolute atomic E-state index is 8.75. The van der Waals surface area contributed by atoms with Crippen LogP contribution >= 0.6 is 12.6 Å². The van der Waals surface area contributed by atoms with Crippen molar-refractivity contribution in [1.29, 1.82) is 0 Å². The standard InChI is InChI=1S/C15H32OS/c1-2-3-4-5-6-7-8-9-10-11-12-15(17)13-14-16/h15-17H,2-14H2,1H3. The third kappa shape index (κ3) is 14.2. The van der Waals surface area contributed by atoms with Crippen LogP contribution in [-0.2, 0) is 0 Å². The smallest absolute Gasteiger partial charge is 0.0441 e. The molecule has 0 fully saturated rings. The first-order chi connectivity index (χ1) is 8.31. The Balaban J connectivity index is 2.98. The zero-order valence-corrected chi connectivity index (χ0v) is 12.6. The van der Waals surface area contributed by atoms with Crippen molar-refractivity contribution in [3.8, 4) is 0 Å². The molecule has 104 valence electrons. The SMILES string of the molecule is CCCCCCCCCCCCC(S)CCO. The molecule has 2 heteroatoms. The minimum atomic E-state index is 0.284. The summed E-state index contributed by atoms with van der Waals surface area (Å²) in [6.07, 6.45) is 15.9. The highest BCUT2D eigenvalue weighted by atomic mass is 32.1. The molecule has 0 aromatic rings. The molecule has 1 nitrogen and oxygen atoms in total. The molecule has 0 rings (SSSR count). The van der Waals surface area contributed by atoms with Crippen molar-refractivity contribution in [3.63, 3.8) is 0 Å². The number of unbranched alkanes of at least 4 members (excludes halogenated alkanes) is 9. The Morgan fingerprint density at radius 1 is 0.765 bits per heavy atom. The first-order valence-electron chi connectivity index (χ1n) is 7.60. The summed E-state index contributed by atoms with van der Waals surface area (Å²) in [5.41, 5.74) is 0. The molecule has 0 aliphatic heterocycles. The zero-order valence-electron chi connectivity index (χ0n) is 11.7. The van der Waals surface area contributed by atoms with Gasteiger partial charge in [-0.1, -0.05) is 71.1 Å². The highest BCUT2D eigenvalue weighted by Crippen LogP contribution is 2.14. The normalized spacial score (nSPS) is 12.9.